The third-order valence-corrected chi connectivity index (χ3v) is 4.24. The van der Waals surface area contributed by atoms with Gasteiger partial charge in [0.1, 0.15) is 0 Å². The highest BCUT2D eigenvalue weighted by Gasteiger charge is 2.22. The minimum Gasteiger partial charge on any atom is -0.304 e. The fraction of sp³-hybridized carbons (Fsp3) is 0.500. The molecule has 1 aromatic heterocycles. The van der Waals surface area contributed by atoms with Gasteiger partial charge in [-0.25, -0.2) is 0 Å². The van der Waals surface area contributed by atoms with Crippen LogP contribution in [0.2, 0.25) is 4.34 Å². The summed E-state index contributed by atoms with van der Waals surface area (Å²) < 4.78 is 0.917. The van der Waals surface area contributed by atoms with E-state index in [2.05, 4.69) is 24.9 Å². The maximum atomic E-state index is 6.06. The minimum absolute atomic E-state index is 0.361. The molecule has 0 radical (unpaired) electrons. The van der Waals surface area contributed by atoms with Crippen LogP contribution >= 0.6 is 22.9 Å². The van der Waals surface area contributed by atoms with Crippen molar-refractivity contribution in [1.82, 2.24) is 5.32 Å². The predicted octanol–water partition coefficient (Wildman–Crippen LogP) is 3.94. The Morgan fingerprint density at radius 3 is 3.27 bits per heavy atom. The average molecular weight is 242 g/mol. The normalized spacial score (nSPS) is 22.1. The lowest BCUT2D eigenvalue weighted by Crippen LogP contribution is -2.30. The Morgan fingerprint density at radius 1 is 1.73 bits per heavy atom. The van der Waals surface area contributed by atoms with E-state index in [1.807, 2.05) is 6.08 Å². The summed E-state index contributed by atoms with van der Waals surface area (Å²) in [7, 11) is 0. The van der Waals surface area contributed by atoms with Gasteiger partial charge in [-0.3, -0.25) is 0 Å². The second-order valence-electron chi connectivity index (χ2n) is 4.06. The highest BCUT2D eigenvalue weighted by Crippen LogP contribution is 2.37. The molecule has 15 heavy (non-hydrogen) atoms. The number of hydrogen-bond acceptors (Lipinski definition) is 2. The number of aryl methyl sites for hydroxylation is 1. The van der Waals surface area contributed by atoms with Gasteiger partial charge in [-0.05, 0) is 37.8 Å². The van der Waals surface area contributed by atoms with Crippen molar-refractivity contribution in [2.75, 3.05) is 0 Å². The van der Waals surface area contributed by atoms with Crippen LogP contribution in [0.5, 0.6) is 0 Å². The number of hydrogen-bond donors (Lipinski definition) is 1. The van der Waals surface area contributed by atoms with Crippen molar-refractivity contribution < 1.29 is 0 Å². The molecule has 1 aliphatic carbocycles. The van der Waals surface area contributed by atoms with E-state index in [1.165, 1.54) is 29.7 Å². The van der Waals surface area contributed by atoms with Gasteiger partial charge >= 0.3 is 0 Å². The molecule has 0 saturated heterocycles. The Labute approximate surface area is 100 Å². The zero-order chi connectivity index (χ0) is 10.8. The van der Waals surface area contributed by atoms with Gasteiger partial charge in [-0.15, -0.1) is 17.9 Å². The molecular weight excluding hydrogens is 226 g/mol. The van der Waals surface area contributed by atoms with E-state index in [-0.39, 0.29) is 0 Å². The van der Waals surface area contributed by atoms with Gasteiger partial charge in [0.25, 0.3) is 0 Å². The van der Waals surface area contributed by atoms with Gasteiger partial charge < -0.3 is 5.32 Å². The lowest BCUT2D eigenvalue weighted by molar-refractivity contribution is 0.443. The summed E-state index contributed by atoms with van der Waals surface area (Å²) in [5.41, 5.74) is 1.41. The predicted molar refractivity (Wildman–Crippen MR) is 67.8 cm³/mol. The Hall–Kier alpha value is -0.310. The monoisotopic (exact) mass is 241 g/mol. The van der Waals surface area contributed by atoms with E-state index in [9.17, 15) is 0 Å². The van der Waals surface area contributed by atoms with Crippen LogP contribution in [0.3, 0.4) is 0 Å². The first-order valence-corrected chi connectivity index (χ1v) is 6.57. The zero-order valence-electron chi connectivity index (χ0n) is 8.92. The van der Waals surface area contributed by atoms with Crippen LogP contribution in [-0.2, 0) is 6.42 Å². The third-order valence-electron chi connectivity index (χ3n) is 2.90. The Kier molecular flexibility index (Phi) is 3.49. The van der Waals surface area contributed by atoms with E-state index >= 15 is 0 Å². The SMILES string of the molecule is C=CC(C)NC1CCCc2sc(Cl)cc21. The van der Waals surface area contributed by atoms with Gasteiger partial charge in [0, 0.05) is 17.0 Å². The molecule has 1 aliphatic rings. The molecule has 1 heterocycles. The molecule has 3 heteroatoms. The van der Waals surface area contributed by atoms with Crippen molar-refractivity contribution in [2.45, 2.75) is 38.3 Å². The number of thiophene rings is 1. The van der Waals surface area contributed by atoms with Crippen LogP contribution < -0.4 is 5.32 Å². The first-order chi connectivity index (χ1) is 7.20. The zero-order valence-corrected chi connectivity index (χ0v) is 10.5. The Morgan fingerprint density at radius 2 is 2.53 bits per heavy atom. The van der Waals surface area contributed by atoms with Gasteiger partial charge in [0.05, 0.1) is 4.34 Å². The van der Waals surface area contributed by atoms with Gasteiger partial charge in [0.2, 0.25) is 0 Å². The highest BCUT2D eigenvalue weighted by atomic mass is 35.5. The molecule has 0 aliphatic heterocycles. The maximum absolute atomic E-state index is 6.06. The number of nitrogens with one attached hydrogen (secondary N) is 1. The molecule has 0 saturated carbocycles. The lowest BCUT2D eigenvalue weighted by Gasteiger charge is -2.25. The van der Waals surface area contributed by atoms with Crippen molar-refractivity contribution in [1.29, 1.82) is 0 Å². The van der Waals surface area contributed by atoms with Crippen LogP contribution in [0.1, 0.15) is 36.2 Å². The fourth-order valence-corrected chi connectivity index (χ4v) is 3.46. The summed E-state index contributed by atoms with van der Waals surface area (Å²) in [5, 5.41) is 3.57. The number of rotatable bonds is 3. The molecule has 2 atom stereocenters. The summed E-state index contributed by atoms with van der Waals surface area (Å²) in [5.74, 6) is 0. The molecule has 1 nitrogen and oxygen atoms in total. The van der Waals surface area contributed by atoms with E-state index in [4.69, 9.17) is 11.6 Å². The average Bonchev–Trinajstić information content (AvgIpc) is 2.59. The van der Waals surface area contributed by atoms with Gasteiger partial charge in [-0.2, -0.15) is 0 Å². The molecule has 1 aromatic rings. The molecule has 0 aromatic carbocycles. The Balaban J connectivity index is 2.18. The van der Waals surface area contributed by atoms with Crippen molar-refractivity contribution in [3.63, 3.8) is 0 Å². The summed E-state index contributed by atoms with van der Waals surface area (Å²) in [6.07, 6.45) is 5.60. The molecule has 0 fully saturated rings. The van der Waals surface area contributed by atoms with Crippen LogP contribution in [-0.4, -0.2) is 6.04 Å². The van der Waals surface area contributed by atoms with Crippen molar-refractivity contribution in [3.8, 4) is 0 Å². The lowest BCUT2D eigenvalue weighted by atomic mass is 9.93. The van der Waals surface area contributed by atoms with Crippen LogP contribution in [0.4, 0.5) is 0 Å². The minimum atomic E-state index is 0.361. The maximum Gasteiger partial charge on any atom is 0.0934 e. The quantitative estimate of drug-likeness (QED) is 0.791. The second-order valence-corrected chi connectivity index (χ2v) is 5.83. The molecule has 82 valence electrons. The molecule has 2 unspecified atom stereocenters. The molecule has 0 bridgehead atoms. The fourth-order valence-electron chi connectivity index (χ4n) is 2.08. The third kappa shape index (κ3) is 2.44. The largest absolute Gasteiger partial charge is 0.304 e. The van der Waals surface area contributed by atoms with Crippen molar-refractivity contribution in [3.05, 3.63) is 33.5 Å². The van der Waals surface area contributed by atoms with Crippen LogP contribution in [0.25, 0.3) is 0 Å². The number of halogens is 1. The number of fused-ring (bicyclic) bond motifs is 1. The van der Waals surface area contributed by atoms with Crippen molar-refractivity contribution in [2.24, 2.45) is 0 Å². The van der Waals surface area contributed by atoms with E-state index in [0.29, 0.717) is 12.1 Å². The van der Waals surface area contributed by atoms with Crippen LogP contribution in [0.15, 0.2) is 18.7 Å². The van der Waals surface area contributed by atoms with E-state index in [1.54, 1.807) is 11.3 Å². The smallest absolute Gasteiger partial charge is 0.0934 e. The summed E-state index contributed by atoms with van der Waals surface area (Å²) in [6, 6.07) is 2.94. The van der Waals surface area contributed by atoms with E-state index in [0.717, 1.165) is 4.34 Å². The molecule has 0 amide bonds. The van der Waals surface area contributed by atoms with Gasteiger partial charge in [-0.1, -0.05) is 17.7 Å². The van der Waals surface area contributed by atoms with Crippen molar-refractivity contribution >= 4 is 22.9 Å². The van der Waals surface area contributed by atoms with Gasteiger partial charge in [0.15, 0.2) is 0 Å². The Bertz CT molecular complexity index is 359. The highest BCUT2D eigenvalue weighted by molar-refractivity contribution is 7.16. The second kappa shape index (κ2) is 4.69. The first kappa shape index (κ1) is 11.2. The first-order valence-electron chi connectivity index (χ1n) is 5.37. The summed E-state index contributed by atoms with van der Waals surface area (Å²) in [4.78, 5) is 1.46. The summed E-state index contributed by atoms with van der Waals surface area (Å²) >= 11 is 7.79. The van der Waals surface area contributed by atoms with Crippen LogP contribution in [0, 0.1) is 0 Å². The summed E-state index contributed by atoms with van der Waals surface area (Å²) in [6.45, 7) is 5.94. The molecule has 2 rings (SSSR count). The molecule has 1 N–H and O–H groups in total. The molecular formula is C12H16ClNS. The standard InChI is InChI=1S/C12H16ClNS/c1-3-8(2)14-10-5-4-6-11-9(10)7-12(13)15-11/h3,7-8,10,14H,1,4-6H2,2H3. The molecule has 0 spiro atoms. The van der Waals surface area contributed by atoms with E-state index < -0.39 is 0 Å². The topological polar surface area (TPSA) is 12.0 Å².